The maximum absolute atomic E-state index is 15.4. The van der Waals surface area contributed by atoms with Crippen LogP contribution in [-0.2, 0) is 10.0 Å². The van der Waals surface area contributed by atoms with Crippen molar-refractivity contribution in [2.75, 3.05) is 37.4 Å². The largest absolute Gasteiger partial charge is 0.336 e. The summed E-state index contributed by atoms with van der Waals surface area (Å²) < 4.78 is 45.5. The van der Waals surface area contributed by atoms with Crippen molar-refractivity contribution in [3.8, 4) is 0 Å². The van der Waals surface area contributed by atoms with E-state index >= 15 is 4.39 Å². The van der Waals surface area contributed by atoms with Crippen molar-refractivity contribution in [1.82, 2.24) is 9.80 Å². The summed E-state index contributed by atoms with van der Waals surface area (Å²) in [6.07, 6.45) is 11.3. The number of nitrogens with zero attached hydrogens (tertiary/aromatic N) is 3. The molecule has 2 aromatic rings. The number of carbonyl (C=O) groups excluding carboxylic acids is 1. The van der Waals surface area contributed by atoms with Gasteiger partial charge in [-0.1, -0.05) is 24.6 Å². The van der Waals surface area contributed by atoms with Crippen LogP contribution in [0.4, 0.5) is 15.8 Å². The molecule has 2 fully saturated rings. The van der Waals surface area contributed by atoms with Gasteiger partial charge in [0.05, 0.1) is 5.69 Å². The number of halogens is 1. The summed E-state index contributed by atoms with van der Waals surface area (Å²) in [4.78, 5) is 21.9. The molecule has 3 atom stereocenters. The molecule has 0 radical (unpaired) electrons. The highest BCUT2D eigenvalue weighted by Gasteiger charge is 2.31. The Balaban J connectivity index is 1.36. The molecule has 0 spiro atoms. The lowest BCUT2D eigenvalue weighted by Crippen LogP contribution is -2.49. The maximum Gasteiger partial charge on any atom is 0.264 e. The number of aliphatic imine (C=N–C) groups is 1. The van der Waals surface area contributed by atoms with Crippen LogP contribution in [0.15, 0.2) is 75.9 Å². The van der Waals surface area contributed by atoms with E-state index in [0.717, 1.165) is 49.7 Å². The van der Waals surface area contributed by atoms with Crippen LogP contribution in [0.1, 0.15) is 67.3 Å². The molecule has 1 saturated heterocycles. The van der Waals surface area contributed by atoms with Crippen LogP contribution < -0.4 is 4.72 Å². The van der Waals surface area contributed by atoms with Gasteiger partial charge in [0.1, 0.15) is 10.7 Å². The molecule has 1 amide bonds. The number of rotatable bonds is 1. The van der Waals surface area contributed by atoms with E-state index in [1.165, 1.54) is 0 Å². The van der Waals surface area contributed by atoms with Gasteiger partial charge in [-0.3, -0.25) is 19.4 Å². The SMILES string of the molecule is C/C=N\c1c2cccc1S(=O)(=O)Nc1ccc(cc1)C(=O)N1CCN(CC1)CC1=CCC(C=C1F)C1CCCC2CC1. The number of anilines is 1. The fraction of sp³-hybridized carbons (Fsp3) is 0.455. The fourth-order valence-corrected chi connectivity index (χ4v) is 8.29. The minimum atomic E-state index is -3.95. The molecule has 0 aromatic heterocycles. The van der Waals surface area contributed by atoms with Crippen LogP contribution in [0.2, 0.25) is 0 Å². The van der Waals surface area contributed by atoms with Crippen LogP contribution in [0.3, 0.4) is 0 Å². The number of para-hydroxylation sites is 1. The minimum absolute atomic E-state index is 0.0907. The first kappa shape index (κ1) is 28.8. The normalized spacial score (nSPS) is 26.7. The molecular weight excluding hydrogens is 551 g/mol. The molecule has 1 N–H and O–H groups in total. The number of hydrogen-bond donors (Lipinski definition) is 1. The second-order valence-corrected chi connectivity index (χ2v) is 13.6. The van der Waals surface area contributed by atoms with Crippen LogP contribution in [0, 0.1) is 11.8 Å². The summed E-state index contributed by atoms with van der Waals surface area (Å²) in [6.45, 7) is 4.85. The Hall–Kier alpha value is -3.30. The first-order valence-corrected chi connectivity index (χ1v) is 16.6. The van der Waals surface area contributed by atoms with Gasteiger partial charge in [-0.25, -0.2) is 12.8 Å². The molecule has 10 bridgehead atoms. The molecular formula is C33H39FN4O3S. The summed E-state index contributed by atoms with van der Waals surface area (Å²) >= 11 is 0. The molecule has 2 aliphatic carbocycles. The molecule has 10 rings (SSSR count). The first-order valence-electron chi connectivity index (χ1n) is 15.1. The summed E-state index contributed by atoms with van der Waals surface area (Å²) in [5.74, 6) is 0.555. The topological polar surface area (TPSA) is 82.1 Å². The lowest BCUT2D eigenvalue weighted by Gasteiger charge is -2.35. The van der Waals surface area contributed by atoms with Gasteiger partial charge in [-0.15, -0.1) is 0 Å². The smallest absolute Gasteiger partial charge is 0.264 e. The first-order chi connectivity index (χ1) is 20.3. The van der Waals surface area contributed by atoms with Gasteiger partial charge in [0.15, 0.2) is 0 Å². The summed E-state index contributed by atoms with van der Waals surface area (Å²) in [5.41, 5.74) is 3.09. The Morgan fingerprint density at radius 3 is 2.52 bits per heavy atom. The zero-order chi connectivity index (χ0) is 29.3. The Morgan fingerprint density at radius 1 is 1.00 bits per heavy atom. The average Bonchev–Trinajstić information content (AvgIpc) is 3.25. The van der Waals surface area contributed by atoms with Crippen LogP contribution in [0.25, 0.3) is 0 Å². The van der Waals surface area contributed by atoms with E-state index in [9.17, 15) is 13.2 Å². The second-order valence-electron chi connectivity index (χ2n) is 11.9. The number of allylic oxidation sites excluding steroid dienone is 2. The van der Waals surface area contributed by atoms with Gasteiger partial charge in [-0.2, -0.15) is 0 Å². The molecule has 2 aromatic carbocycles. The molecule has 9 heteroatoms. The highest BCUT2D eigenvalue weighted by Crippen LogP contribution is 2.44. The number of piperazine rings is 1. The monoisotopic (exact) mass is 590 g/mol. The van der Waals surface area contributed by atoms with Gasteiger partial charge in [0.25, 0.3) is 15.9 Å². The number of benzene rings is 2. The van der Waals surface area contributed by atoms with Crippen LogP contribution in [0.5, 0.6) is 0 Å². The third-order valence-corrected chi connectivity index (χ3v) is 10.8. The molecule has 1 saturated carbocycles. The van der Waals surface area contributed by atoms with E-state index in [-0.39, 0.29) is 28.5 Å². The molecule has 222 valence electrons. The van der Waals surface area contributed by atoms with Gasteiger partial charge in [0.2, 0.25) is 0 Å². The average molecular weight is 591 g/mol. The number of hydrogen-bond acceptors (Lipinski definition) is 5. The second kappa shape index (κ2) is 12.1. The molecule has 6 heterocycles. The Labute approximate surface area is 248 Å². The fourth-order valence-electron chi connectivity index (χ4n) is 7.05. The van der Waals surface area contributed by atoms with E-state index < -0.39 is 10.0 Å². The zero-order valence-corrected chi connectivity index (χ0v) is 25.0. The number of carbonyl (C=O) groups is 1. The third kappa shape index (κ3) is 5.95. The number of amides is 1. The van der Waals surface area contributed by atoms with Gasteiger partial charge in [0, 0.05) is 50.2 Å². The van der Waals surface area contributed by atoms with E-state index in [2.05, 4.69) is 20.7 Å². The van der Waals surface area contributed by atoms with Crippen molar-refractivity contribution >= 4 is 33.5 Å². The molecule has 3 unspecified atom stereocenters. The maximum atomic E-state index is 15.4. The van der Waals surface area contributed by atoms with Crippen molar-refractivity contribution in [3.05, 3.63) is 77.1 Å². The molecule has 6 aliphatic heterocycles. The lowest BCUT2D eigenvalue weighted by molar-refractivity contribution is 0.0647. The van der Waals surface area contributed by atoms with Gasteiger partial charge < -0.3 is 4.90 Å². The predicted octanol–water partition coefficient (Wildman–Crippen LogP) is 6.44. The van der Waals surface area contributed by atoms with Gasteiger partial charge in [-0.05, 0) is 104 Å². The zero-order valence-electron chi connectivity index (χ0n) is 24.1. The highest BCUT2D eigenvalue weighted by molar-refractivity contribution is 7.92. The summed E-state index contributed by atoms with van der Waals surface area (Å²) in [6, 6.07) is 12.0. The minimum Gasteiger partial charge on any atom is -0.336 e. The van der Waals surface area contributed by atoms with Crippen molar-refractivity contribution in [3.63, 3.8) is 0 Å². The molecule has 42 heavy (non-hydrogen) atoms. The summed E-state index contributed by atoms with van der Waals surface area (Å²) in [5, 5.41) is 0. The number of nitrogens with one attached hydrogen (secondary N) is 1. The van der Waals surface area contributed by atoms with Crippen LogP contribution >= 0.6 is 0 Å². The van der Waals surface area contributed by atoms with E-state index in [4.69, 9.17) is 0 Å². The number of sulfonamides is 1. The molecule has 8 aliphatic rings. The summed E-state index contributed by atoms with van der Waals surface area (Å²) in [7, 11) is -3.95. The van der Waals surface area contributed by atoms with E-state index in [0.29, 0.717) is 55.6 Å². The van der Waals surface area contributed by atoms with E-state index in [1.807, 2.05) is 17.0 Å². The van der Waals surface area contributed by atoms with Crippen LogP contribution in [-0.4, -0.2) is 63.1 Å². The molecule has 7 nitrogen and oxygen atoms in total. The highest BCUT2D eigenvalue weighted by atomic mass is 32.2. The Kier molecular flexibility index (Phi) is 8.32. The quantitative estimate of drug-likeness (QED) is 0.388. The Bertz CT molecular complexity index is 1520. The lowest BCUT2D eigenvalue weighted by atomic mass is 9.80. The van der Waals surface area contributed by atoms with Crippen molar-refractivity contribution < 1.29 is 17.6 Å². The van der Waals surface area contributed by atoms with Crippen molar-refractivity contribution in [1.29, 1.82) is 0 Å². The predicted molar refractivity (Wildman–Crippen MR) is 165 cm³/mol. The third-order valence-electron chi connectivity index (χ3n) is 9.38. The van der Waals surface area contributed by atoms with E-state index in [1.54, 1.807) is 49.5 Å². The van der Waals surface area contributed by atoms with Gasteiger partial charge >= 0.3 is 0 Å². The van der Waals surface area contributed by atoms with Crippen molar-refractivity contribution in [2.45, 2.75) is 56.3 Å². The van der Waals surface area contributed by atoms with Crippen molar-refractivity contribution in [2.24, 2.45) is 16.8 Å². The standard InChI is InChI=1S/C33H39FN4O3S/c1-2-35-32-29-7-4-8-31(32)42(40,41)36-28-15-13-25(14-16-28)33(39)38-19-17-37(18-20-38)22-27-12-11-26(21-30(27)34)23-5-3-6-24(29)10-9-23/h2,4,7-8,12-16,21,23-24,26,36H,3,5-6,9-11,17-20,22H2,1H3/b35-2-. The Morgan fingerprint density at radius 2 is 1.79 bits per heavy atom. The number of fused-ring (bicyclic) bond motifs is 1.